The van der Waals surface area contributed by atoms with Crippen molar-refractivity contribution in [2.45, 2.75) is 24.8 Å². The molecule has 146 valence electrons. The summed E-state index contributed by atoms with van der Waals surface area (Å²) in [6.45, 7) is 2.95. The summed E-state index contributed by atoms with van der Waals surface area (Å²) >= 11 is 5.92. The van der Waals surface area contributed by atoms with Crippen molar-refractivity contribution in [2.24, 2.45) is 0 Å². The summed E-state index contributed by atoms with van der Waals surface area (Å²) in [5.74, 6) is 0.620. The Kier molecular flexibility index (Phi) is 7.65. The molecule has 8 heteroatoms. The third-order valence-corrected chi connectivity index (χ3v) is 5.80. The smallest absolute Gasteiger partial charge is 0.242 e. The predicted octanol–water partition coefficient (Wildman–Crippen LogP) is 3.07. The van der Waals surface area contributed by atoms with Crippen LogP contribution in [0.4, 0.5) is 0 Å². The number of nitrogens with one attached hydrogen (secondary N) is 1. The number of rotatable bonds is 9. The number of carbonyl (C=O) groups excluding carboxylic acids is 1. The van der Waals surface area contributed by atoms with Gasteiger partial charge in [-0.05, 0) is 36.8 Å². The molecule has 1 amide bonds. The number of benzene rings is 2. The van der Waals surface area contributed by atoms with Crippen LogP contribution in [0.1, 0.15) is 18.9 Å². The van der Waals surface area contributed by atoms with Gasteiger partial charge < -0.3 is 9.64 Å². The molecule has 0 fully saturated rings. The van der Waals surface area contributed by atoms with Gasteiger partial charge in [0.25, 0.3) is 0 Å². The number of halogens is 1. The second kappa shape index (κ2) is 9.73. The fraction of sp³-hybridized carbons (Fsp3) is 0.316. The standard InChI is InChI=1S/C19H23ClN2O4S/c1-3-26-16-10-8-15(9-11-16)14-22(2)19(23)12-13-21-27(24,25)18-7-5-4-6-17(18)20/h4-11,21H,3,12-14H2,1-2H3. The molecule has 2 aromatic carbocycles. The monoisotopic (exact) mass is 410 g/mol. The van der Waals surface area contributed by atoms with Crippen molar-refractivity contribution in [3.05, 3.63) is 59.1 Å². The minimum atomic E-state index is -3.75. The number of hydrogen-bond acceptors (Lipinski definition) is 4. The van der Waals surface area contributed by atoms with Crippen molar-refractivity contribution in [3.63, 3.8) is 0 Å². The van der Waals surface area contributed by atoms with Gasteiger partial charge >= 0.3 is 0 Å². The lowest BCUT2D eigenvalue weighted by atomic mass is 10.2. The van der Waals surface area contributed by atoms with E-state index in [1.54, 1.807) is 24.1 Å². The molecule has 0 saturated carbocycles. The maximum atomic E-state index is 12.2. The molecular formula is C19H23ClN2O4S. The Bertz CT molecular complexity index is 870. The molecule has 2 aromatic rings. The average Bonchev–Trinajstić information content (AvgIpc) is 2.63. The quantitative estimate of drug-likeness (QED) is 0.689. The van der Waals surface area contributed by atoms with Gasteiger partial charge in [0.05, 0.1) is 11.6 Å². The number of carbonyl (C=O) groups is 1. The summed E-state index contributed by atoms with van der Waals surface area (Å²) in [7, 11) is -2.07. The first-order valence-electron chi connectivity index (χ1n) is 8.53. The zero-order valence-electron chi connectivity index (χ0n) is 15.3. The molecule has 0 atom stereocenters. The van der Waals surface area contributed by atoms with Gasteiger partial charge in [-0.15, -0.1) is 0 Å². The molecule has 0 saturated heterocycles. The highest BCUT2D eigenvalue weighted by molar-refractivity contribution is 7.89. The number of sulfonamides is 1. The Balaban J connectivity index is 1.85. The summed E-state index contributed by atoms with van der Waals surface area (Å²) in [6, 6.07) is 13.7. The molecule has 2 rings (SSSR count). The largest absolute Gasteiger partial charge is 0.494 e. The Morgan fingerprint density at radius 2 is 1.81 bits per heavy atom. The molecule has 0 unspecified atom stereocenters. The van der Waals surface area contributed by atoms with E-state index in [2.05, 4.69) is 4.72 Å². The van der Waals surface area contributed by atoms with Crippen molar-refractivity contribution in [1.29, 1.82) is 0 Å². The molecule has 0 aliphatic carbocycles. The van der Waals surface area contributed by atoms with Crippen LogP contribution >= 0.6 is 11.6 Å². The van der Waals surface area contributed by atoms with Gasteiger partial charge in [-0.25, -0.2) is 13.1 Å². The van der Waals surface area contributed by atoms with Gasteiger partial charge in [0, 0.05) is 26.6 Å². The van der Waals surface area contributed by atoms with Crippen LogP contribution in [0.25, 0.3) is 0 Å². The molecule has 1 N–H and O–H groups in total. The Morgan fingerprint density at radius 1 is 1.15 bits per heavy atom. The minimum Gasteiger partial charge on any atom is -0.494 e. The van der Waals surface area contributed by atoms with Crippen LogP contribution in [0.3, 0.4) is 0 Å². The zero-order chi connectivity index (χ0) is 19.9. The molecule has 6 nitrogen and oxygen atoms in total. The lowest BCUT2D eigenvalue weighted by molar-refractivity contribution is -0.130. The van der Waals surface area contributed by atoms with Crippen LogP contribution in [0, 0.1) is 0 Å². The van der Waals surface area contributed by atoms with Crippen LogP contribution in [-0.2, 0) is 21.4 Å². The highest BCUT2D eigenvalue weighted by Gasteiger charge is 2.18. The fourth-order valence-corrected chi connectivity index (χ4v) is 3.99. The SMILES string of the molecule is CCOc1ccc(CN(C)C(=O)CCNS(=O)(=O)c2ccccc2Cl)cc1. The highest BCUT2D eigenvalue weighted by Crippen LogP contribution is 2.20. The van der Waals surface area contributed by atoms with Crippen LogP contribution in [0.5, 0.6) is 5.75 Å². The third kappa shape index (κ3) is 6.23. The van der Waals surface area contributed by atoms with Gasteiger partial charge in [-0.3, -0.25) is 4.79 Å². The van der Waals surface area contributed by atoms with E-state index >= 15 is 0 Å². The third-order valence-electron chi connectivity index (χ3n) is 3.84. The summed E-state index contributed by atoms with van der Waals surface area (Å²) in [6.07, 6.45) is 0.0528. The lowest BCUT2D eigenvalue weighted by Gasteiger charge is -2.18. The topological polar surface area (TPSA) is 75.7 Å². The van der Waals surface area contributed by atoms with Crippen LogP contribution < -0.4 is 9.46 Å². The molecule has 27 heavy (non-hydrogen) atoms. The van der Waals surface area contributed by atoms with Crippen molar-refractivity contribution in [3.8, 4) is 5.75 Å². The highest BCUT2D eigenvalue weighted by atomic mass is 35.5. The van der Waals surface area contributed by atoms with Crippen molar-refractivity contribution in [2.75, 3.05) is 20.2 Å². The fourth-order valence-electron chi connectivity index (χ4n) is 2.44. The Morgan fingerprint density at radius 3 is 2.44 bits per heavy atom. The lowest BCUT2D eigenvalue weighted by Crippen LogP contribution is -2.32. The Labute approximate surface area is 165 Å². The summed E-state index contributed by atoms with van der Waals surface area (Å²) in [4.78, 5) is 13.8. The van der Waals surface area contributed by atoms with Gasteiger partial charge in [0.15, 0.2) is 0 Å². The Hall–Kier alpha value is -2.09. The summed E-state index contributed by atoms with van der Waals surface area (Å²) in [5.41, 5.74) is 0.964. The van der Waals surface area contributed by atoms with E-state index in [0.717, 1.165) is 11.3 Å². The molecule has 0 bridgehead atoms. The van der Waals surface area contributed by atoms with E-state index in [9.17, 15) is 13.2 Å². The number of nitrogens with zero attached hydrogens (tertiary/aromatic N) is 1. The first-order valence-corrected chi connectivity index (χ1v) is 10.4. The number of amides is 1. The maximum Gasteiger partial charge on any atom is 0.242 e. The van der Waals surface area contributed by atoms with Crippen molar-refractivity contribution < 1.29 is 17.9 Å². The molecule has 0 radical (unpaired) electrons. The molecule has 0 aliphatic rings. The van der Waals surface area contributed by atoms with Gasteiger partial charge in [0.1, 0.15) is 10.6 Å². The van der Waals surface area contributed by atoms with E-state index in [1.807, 2.05) is 31.2 Å². The van der Waals surface area contributed by atoms with Crippen LogP contribution in [0.15, 0.2) is 53.4 Å². The molecule has 0 spiro atoms. The van der Waals surface area contributed by atoms with E-state index < -0.39 is 10.0 Å². The predicted molar refractivity (Wildman–Crippen MR) is 105 cm³/mol. The van der Waals surface area contributed by atoms with E-state index in [-0.39, 0.29) is 28.8 Å². The van der Waals surface area contributed by atoms with Gasteiger partial charge in [-0.2, -0.15) is 0 Å². The second-order valence-corrected chi connectivity index (χ2v) is 8.05. The van der Waals surface area contributed by atoms with Gasteiger partial charge in [-0.1, -0.05) is 35.9 Å². The maximum absolute atomic E-state index is 12.2. The molecule has 0 heterocycles. The van der Waals surface area contributed by atoms with E-state index in [0.29, 0.717) is 13.2 Å². The zero-order valence-corrected chi connectivity index (χ0v) is 16.9. The van der Waals surface area contributed by atoms with E-state index in [1.165, 1.54) is 12.1 Å². The van der Waals surface area contributed by atoms with Gasteiger partial charge in [0.2, 0.25) is 15.9 Å². The first-order chi connectivity index (χ1) is 12.8. The number of hydrogen-bond donors (Lipinski definition) is 1. The molecular weight excluding hydrogens is 388 g/mol. The number of ether oxygens (including phenoxy) is 1. The van der Waals surface area contributed by atoms with Crippen LogP contribution in [-0.4, -0.2) is 39.4 Å². The molecule has 0 aliphatic heterocycles. The average molecular weight is 411 g/mol. The van der Waals surface area contributed by atoms with E-state index in [4.69, 9.17) is 16.3 Å². The summed E-state index contributed by atoms with van der Waals surface area (Å²) in [5, 5.41) is 0.143. The minimum absolute atomic E-state index is 0.00000761. The first kappa shape index (κ1) is 21.2. The molecule has 0 aromatic heterocycles. The second-order valence-electron chi connectivity index (χ2n) is 5.90. The van der Waals surface area contributed by atoms with Crippen molar-refractivity contribution >= 4 is 27.5 Å². The summed E-state index contributed by atoms with van der Waals surface area (Å²) < 4.78 is 32.3. The van der Waals surface area contributed by atoms with Crippen LogP contribution in [0.2, 0.25) is 5.02 Å². The normalized spacial score (nSPS) is 11.2. The van der Waals surface area contributed by atoms with Crippen molar-refractivity contribution in [1.82, 2.24) is 9.62 Å².